The van der Waals surface area contributed by atoms with Crippen LogP contribution in [0.15, 0.2) is 48.5 Å². The second-order valence-corrected chi connectivity index (χ2v) is 5.90. The summed E-state index contributed by atoms with van der Waals surface area (Å²) >= 11 is 7.37. The van der Waals surface area contributed by atoms with Gasteiger partial charge >= 0.3 is 0 Å². The van der Waals surface area contributed by atoms with Crippen molar-refractivity contribution in [3.8, 4) is 21.0 Å². The molecule has 0 spiro atoms. The van der Waals surface area contributed by atoms with Crippen LogP contribution in [0.2, 0.25) is 5.02 Å². The Morgan fingerprint density at radius 1 is 1.10 bits per heavy atom. The predicted octanol–water partition coefficient (Wildman–Crippen LogP) is 4.73. The first-order valence-electron chi connectivity index (χ1n) is 6.39. The van der Waals surface area contributed by atoms with Crippen LogP contribution in [-0.4, -0.2) is 4.98 Å². The molecule has 0 unspecified atom stereocenters. The number of aromatic nitrogens is 1. The monoisotopic (exact) mass is 318 g/mol. The summed E-state index contributed by atoms with van der Waals surface area (Å²) in [5.41, 5.74) is 8.50. The Bertz CT molecular complexity index is 771. The highest BCUT2D eigenvalue weighted by Crippen LogP contribution is 2.36. The van der Waals surface area contributed by atoms with Gasteiger partial charge in [0.25, 0.3) is 0 Å². The number of hydrogen-bond acceptors (Lipinski definition) is 3. The molecule has 0 bridgehead atoms. The summed E-state index contributed by atoms with van der Waals surface area (Å²) in [5, 5.41) is 0.884. The van der Waals surface area contributed by atoms with Crippen LogP contribution < -0.4 is 5.73 Å². The van der Waals surface area contributed by atoms with Crippen LogP contribution in [-0.2, 0) is 6.54 Å². The molecule has 0 aliphatic heterocycles. The maximum absolute atomic E-state index is 13.3. The van der Waals surface area contributed by atoms with E-state index < -0.39 is 5.82 Å². The Balaban J connectivity index is 2.09. The van der Waals surface area contributed by atoms with Crippen molar-refractivity contribution in [3.05, 3.63) is 65.1 Å². The summed E-state index contributed by atoms with van der Waals surface area (Å²) in [6.07, 6.45) is 0. The highest BCUT2D eigenvalue weighted by molar-refractivity contribution is 7.18. The fraction of sp³-hybridized carbons (Fsp3) is 0.0625. The molecule has 1 heterocycles. The first-order chi connectivity index (χ1) is 10.2. The third kappa shape index (κ3) is 2.83. The van der Waals surface area contributed by atoms with Crippen molar-refractivity contribution in [1.29, 1.82) is 0 Å². The Morgan fingerprint density at radius 3 is 2.52 bits per heavy atom. The van der Waals surface area contributed by atoms with E-state index in [4.69, 9.17) is 17.3 Å². The molecule has 2 aromatic carbocycles. The van der Waals surface area contributed by atoms with E-state index in [0.29, 0.717) is 6.54 Å². The molecule has 2 N–H and O–H groups in total. The molecule has 0 amide bonds. The van der Waals surface area contributed by atoms with Crippen molar-refractivity contribution in [2.75, 3.05) is 0 Å². The highest BCUT2D eigenvalue weighted by atomic mass is 35.5. The number of rotatable bonds is 3. The fourth-order valence-electron chi connectivity index (χ4n) is 2.06. The first kappa shape index (κ1) is 14.2. The molecule has 0 saturated carbocycles. The van der Waals surface area contributed by atoms with Gasteiger partial charge in [0.05, 0.1) is 15.6 Å². The molecule has 0 radical (unpaired) electrons. The molecule has 2 nitrogen and oxygen atoms in total. The van der Waals surface area contributed by atoms with E-state index in [9.17, 15) is 4.39 Å². The second kappa shape index (κ2) is 5.93. The fourth-order valence-corrected chi connectivity index (χ4v) is 3.33. The van der Waals surface area contributed by atoms with Gasteiger partial charge in [0.2, 0.25) is 0 Å². The lowest BCUT2D eigenvalue weighted by Gasteiger charge is -1.98. The van der Waals surface area contributed by atoms with Crippen molar-refractivity contribution in [2.45, 2.75) is 6.54 Å². The lowest BCUT2D eigenvalue weighted by atomic mass is 10.1. The third-order valence-electron chi connectivity index (χ3n) is 3.09. The van der Waals surface area contributed by atoms with E-state index in [-0.39, 0.29) is 5.02 Å². The zero-order chi connectivity index (χ0) is 14.8. The number of halogens is 2. The van der Waals surface area contributed by atoms with Gasteiger partial charge in [0, 0.05) is 12.1 Å². The van der Waals surface area contributed by atoms with Crippen LogP contribution in [0.25, 0.3) is 21.0 Å². The zero-order valence-corrected chi connectivity index (χ0v) is 12.6. The quantitative estimate of drug-likeness (QED) is 0.758. The van der Waals surface area contributed by atoms with Crippen molar-refractivity contribution >= 4 is 22.9 Å². The summed E-state index contributed by atoms with van der Waals surface area (Å²) in [6, 6.07) is 14.6. The number of nitrogens with zero attached hydrogens (tertiary/aromatic N) is 1. The molecular formula is C16H12ClFN2S. The van der Waals surface area contributed by atoms with Crippen LogP contribution in [0.4, 0.5) is 4.39 Å². The second-order valence-electron chi connectivity index (χ2n) is 4.49. The molecule has 3 aromatic rings. The number of nitrogens with two attached hydrogens (primary N) is 1. The third-order valence-corrected chi connectivity index (χ3v) is 4.58. The maximum Gasteiger partial charge on any atom is 0.141 e. The molecule has 0 fully saturated rings. The minimum atomic E-state index is -0.431. The van der Waals surface area contributed by atoms with Crippen molar-refractivity contribution in [1.82, 2.24) is 4.98 Å². The van der Waals surface area contributed by atoms with Gasteiger partial charge < -0.3 is 5.73 Å². The minimum Gasteiger partial charge on any atom is -0.325 e. The zero-order valence-electron chi connectivity index (χ0n) is 11.0. The lowest BCUT2D eigenvalue weighted by molar-refractivity contribution is 0.628. The largest absolute Gasteiger partial charge is 0.325 e. The number of benzene rings is 2. The molecule has 0 aliphatic rings. The van der Waals surface area contributed by atoms with Gasteiger partial charge in [-0.1, -0.05) is 41.9 Å². The normalized spacial score (nSPS) is 10.8. The topological polar surface area (TPSA) is 38.9 Å². The summed E-state index contributed by atoms with van der Waals surface area (Å²) in [5.74, 6) is -0.431. The molecule has 0 saturated heterocycles. The van der Waals surface area contributed by atoms with Crippen LogP contribution in [0.5, 0.6) is 0 Å². The lowest BCUT2D eigenvalue weighted by Crippen LogP contribution is -1.98. The molecular weight excluding hydrogens is 307 g/mol. The molecule has 21 heavy (non-hydrogen) atoms. The van der Waals surface area contributed by atoms with Gasteiger partial charge in [-0.2, -0.15) is 0 Å². The number of thiazole rings is 1. The minimum absolute atomic E-state index is 0.0956. The summed E-state index contributed by atoms with van der Waals surface area (Å²) in [4.78, 5) is 5.59. The average Bonchev–Trinajstić information content (AvgIpc) is 2.95. The van der Waals surface area contributed by atoms with E-state index in [1.165, 1.54) is 17.4 Å². The Kier molecular flexibility index (Phi) is 4.01. The van der Waals surface area contributed by atoms with Gasteiger partial charge in [-0.15, -0.1) is 11.3 Å². The molecule has 1 aromatic heterocycles. The first-order valence-corrected chi connectivity index (χ1v) is 7.59. The summed E-state index contributed by atoms with van der Waals surface area (Å²) in [7, 11) is 0. The van der Waals surface area contributed by atoms with Crippen LogP contribution in [0, 0.1) is 5.82 Å². The summed E-state index contributed by atoms with van der Waals surface area (Å²) < 4.78 is 13.3. The van der Waals surface area contributed by atoms with E-state index in [2.05, 4.69) is 4.98 Å². The van der Waals surface area contributed by atoms with E-state index in [1.54, 1.807) is 12.1 Å². The molecule has 0 atom stereocenters. The Labute approximate surface area is 131 Å². The van der Waals surface area contributed by atoms with Crippen LogP contribution >= 0.6 is 22.9 Å². The standard InChI is InChI=1S/C16H12ClFN2S/c17-12-8-11(6-7-13(12)18)16-20-14(9-19)15(21-16)10-4-2-1-3-5-10/h1-8H,9,19H2. The van der Waals surface area contributed by atoms with E-state index in [0.717, 1.165) is 26.7 Å². The Morgan fingerprint density at radius 2 is 1.86 bits per heavy atom. The van der Waals surface area contributed by atoms with Gasteiger partial charge in [0.15, 0.2) is 0 Å². The van der Waals surface area contributed by atoms with Gasteiger partial charge in [-0.05, 0) is 23.8 Å². The maximum atomic E-state index is 13.3. The van der Waals surface area contributed by atoms with E-state index in [1.807, 2.05) is 30.3 Å². The SMILES string of the molecule is NCc1nc(-c2ccc(F)c(Cl)c2)sc1-c1ccccc1. The predicted molar refractivity (Wildman–Crippen MR) is 85.8 cm³/mol. The van der Waals surface area contributed by atoms with Crippen molar-refractivity contribution in [3.63, 3.8) is 0 Å². The smallest absolute Gasteiger partial charge is 0.141 e. The summed E-state index contributed by atoms with van der Waals surface area (Å²) in [6.45, 7) is 0.357. The number of hydrogen-bond donors (Lipinski definition) is 1. The average molecular weight is 319 g/mol. The molecule has 5 heteroatoms. The molecule has 0 aliphatic carbocycles. The van der Waals surface area contributed by atoms with Crippen LogP contribution in [0.1, 0.15) is 5.69 Å². The Hall–Kier alpha value is -1.75. The highest BCUT2D eigenvalue weighted by Gasteiger charge is 2.14. The molecule has 3 rings (SSSR count). The molecule has 106 valence electrons. The van der Waals surface area contributed by atoms with Crippen molar-refractivity contribution in [2.24, 2.45) is 5.73 Å². The van der Waals surface area contributed by atoms with Gasteiger partial charge in [-0.25, -0.2) is 9.37 Å². The van der Waals surface area contributed by atoms with Gasteiger partial charge in [0.1, 0.15) is 10.8 Å². The van der Waals surface area contributed by atoms with E-state index >= 15 is 0 Å². The van der Waals surface area contributed by atoms with Crippen molar-refractivity contribution < 1.29 is 4.39 Å². The van der Waals surface area contributed by atoms with Gasteiger partial charge in [-0.3, -0.25) is 0 Å². The van der Waals surface area contributed by atoms with Crippen LogP contribution in [0.3, 0.4) is 0 Å².